The van der Waals surface area contributed by atoms with Gasteiger partial charge in [-0.15, -0.1) is 0 Å². The number of aryl methyl sites for hydroxylation is 3. The maximum atomic E-state index is 12.6. The number of amides is 1. The molecule has 1 fully saturated rings. The van der Waals surface area contributed by atoms with Crippen LogP contribution in [0.1, 0.15) is 24.0 Å². The lowest BCUT2D eigenvalue weighted by molar-refractivity contribution is -0.129. The first-order chi connectivity index (χ1) is 19.0. The molecule has 0 saturated carbocycles. The number of hydrogen-bond donors (Lipinski definition) is 1. The third-order valence-corrected chi connectivity index (χ3v) is 8.32. The average Bonchev–Trinajstić information content (AvgIpc) is 3.42. The summed E-state index contributed by atoms with van der Waals surface area (Å²) in [7, 11) is -0.188. The van der Waals surface area contributed by atoms with Crippen LogP contribution in [-0.4, -0.2) is 83.1 Å². The number of ether oxygens (including phenoxy) is 1. The second kappa shape index (κ2) is 10.5. The van der Waals surface area contributed by atoms with Gasteiger partial charge in [-0.05, 0) is 37.6 Å². The molecule has 5 rings (SSSR count). The van der Waals surface area contributed by atoms with Crippen LogP contribution in [-0.2, 0) is 28.2 Å². The SMILES string of the molecule is COc1ccc(-c2c(C)nn3c(NCc4cc(C)nn4C)cc(N4CCN(C(C)=O)CC4)nc23)cc1S(C)(=O)=O. The number of fused-ring (bicyclic) bond motifs is 1. The van der Waals surface area contributed by atoms with Gasteiger partial charge in [0, 0.05) is 58.0 Å². The van der Waals surface area contributed by atoms with Crippen LogP contribution in [0.4, 0.5) is 11.6 Å². The molecule has 12 nitrogen and oxygen atoms in total. The van der Waals surface area contributed by atoms with Gasteiger partial charge in [0.15, 0.2) is 15.5 Å². The first-order valence-corrected chi connectivity index (χ1v) is 14.9. The molecule has 0 bridgehead atoms. The summed E-state index contributed by atoms with van der Waals surface area (Å²) >= 11 is 0. The van der Waals surface area contributed by atoms with E-state index in [-0.39, 0.29) is 16.6 Å². The van der Waals surface area contributed by atoms with Gasteiger partial charge in [-0.1, -0.05) is 6.07 Å². The van der Waals surface area contributed by atoms with E-state index >= 15 is 0 Å². The van der Waals surface area contributed by atoms with Gasteiger partial charge in [0.05, 0.1) is 30.7 Å². The van der Waals surface area contributed by atoms with Crippen molar-refractivity contribution < 1.29 is 17.9 Å². The molecule has 212 valence electrons. The third kappa shape index (κ3) is 5.20. The molecule has 1 N–H and O–H groups in total. The van der Waals surface area contributed by atoms with Crippen LogP contribution >= 0.6 is 0 Å². The van der Waals surface area contributed by atoms with Gasteiger partial charge in [-0.3, -0.25) is 9.48 Å². The van der Waals surface area contributed by atoms with E-state index < -0.39 is 9.84 Å². The fraction of sp³-hybridized carbons (Fsp3) is 0.407. The zero-order valence-electron chi connectivity index (χ0n) is 23.6. The van der Waals surface area contributed by atoms with Crippen molar-refractivity contribution in [2.45, 2.75) is 32.2 Å². The smallest absolute Gasteiger partial charge is 0.219 e. The highest BCUT2D eigenvalue weighted by Crippen LogP contribution is 2.35. The molecule has 1 aliphatic rings. The first kappa shape index (κ1) is 27.4. The van der Waals surface area contributed by atoms with E-state index in [9.17, 15) is 13.2 Å². The Hall–Kier alpha value is -4.13. The second-order valence-corrected chi connectivity index (χ2v) is 12.1. The molecule has 3 aromatic heterocycles. The minimum Gasteiger partial charge on any atom is -0.495 e. The van der Waals surface area contributed by atoms with Gasteiger partial charge in [-0.25, -0.2) is 13.4 Å². The Morgan fingerprint density at radius 1 is 1.07 bits per heavy atom. The summed E-state index contributed by atoms with van der Waals surface area (Å²) in [5.74, 6) is 1.83. The Morgan fingerprint density at radius 3 is 2.40 bits per heavy atom. The fourth-order valence-corrected chi connectivity index (χ4v) is 5.98. The molecule has 0 aliphatic carbocycles. The van der Waals surface area contributed by atoms with Crippen molar-refractivity contribution in [3.8, 4) is 16.9 Å². The molecule has 0 radical (unpaired) electrons. The second-order valence-electron chi connectivity index (χ2n) is 10.1. The predicted molar refractivity (Wildman–Crippen MR) is 153 cm³/mol. The molecule has 0 unspecified atom stereocenters. The van der Waals surface area contributed by atoms with E-state index in [0.717, 1.165) is 34.8 Å². The molecule has 40 heavy (non-hydrogen) atoms. The van der Waals surface area contributed by atoms with Gasteiger partial charge >= 0.3 is 0 Å². The van der Waals surface area contributed by atoms with Crippen molar-refractivity contribution in [1.82, 2.24) is 29.3 Å². The van der Waals surface area contributed by atoms with Crippen LogP contribution in [0.25, 0.3) is 16.8 Å². The molecule has 13 heteroatoms. The van der Waals surface area contributed by atoms with Gasteiger partial charge in [-0.2, -0.15) is 14.7 Å². The monoisotopic (exact) mass is 566 g/mol. The van der Waals surface area contributed by atoms with Gasteiger partial charge in [0.2, 0.25) is 5.91 Å². The van der Waals surface area contributed by atoms with E-state index in [1.54, 1.807) is 23.6 Å². The number of piperazine rings is 1. The van der Waals surface area contributed by atoms with Crippen molar-refractivity contribution in [1.29, 1.82) is 0 Å². The van der Waals surface area contributed by atoms with Crippen LogP contribution in [0.15, 0.2) is 35.2 Å². The van der Waals surface area contributed by atoms with Crippen LogP contribution in [0.5, 0.6) is 5.75 Å². The Bertz CT molecular complexity index is 1700. The molecule has 1 aliphatic heterocycles. The van der Waals surface area contributed by atoms with Crippen molar-refractivity contribution in [2.75, 3.05) is 49.8 Å². The number of methoxy groups -OCH3 is 1. The predicted octanol–water partition coefficient (Wildman–Crippen LogP) is 2.44. The van der Waals surface area contributed by atoms with Crippen LogP contribution in [0.3, 0.4) is 0 Å². The maximum Gasteiger partial charge on any atom is 0.219 e. The van der Waals surface area contributed by atoms with Crippen LogP contribution in [0, 0.1) is 13.8 Å². The molecular weight excluding hydrogens is 532 g/mol. The number of nitrogens with zero attached hydrogens (tertiary/aromatic N) is 7. The number of nitrogens with one attached hydrogen (secondary N) is 1. The minimum absolute atomic E-state index is 0.0618. The number of carbonyl (C=O) groups is 1. The fourth-order valence-electron chi connectivity index (χ4n) is 5.12. The zero-order valence-corrected chi connectivity index (χ0v) is 24.4. The quantitative estimate of drug-likeness (QED) is 0.359. The average molecular weight is 567 g/mol. The molecule has 4 aromatic rings. The Morgan fingerprint density at radius 2 is 1.80 bits per heavy atom. The molecule has 4 heterocycles. The number of hydrogen-bond acceptors (Lipinski definition) is 9. The summed E-state index contributed by atoms with van der Waals surface area (Å²) in [5.41, 5.74) is 4.65. The van der Waals surface area contributed by atoms with E-state index in [2.05, 4.69) is 15.3 Å². The Kier molecular flexibility index (Phi) is 7.17. The highest BCUT2D eigenvalue weighted by atomic mass is 32.2. The molecule has 1 amide bonds. The van der Waals surface area contributed by atoms with E-state index in [1.165, 1.54) is 7.11 Å². The van der Waals surface area contributed by atoms with Crippen molar-refractivity contribution in [3.05, 3.63) is 47.4 Å². The van der Waals surface area contributed by atoms with Crippen LogP contribution in [0.2, 0.25) is 0 Å². The summed E-state index contributed by atoms with van der Waals surface area (Å²) in [4.78, 5) is 21.0. The lowest BCUT2D eigenvalue weighted by atomic mass is 10.1. The highest BCUT2D eigenvalue weighted by Gasteiger charge is 2.24. The Balaban J connectivity index is 1.63. The van der Waals surface area contributed by atoms with Crippen molar-refractivity contribution in [2.24, 2.45) is 7.05 Å². The van der Waals surface area contributed by atoms with E-state index in [1.807, 2.05) is 48.7 Å². The highest BCUT2D eigenvalue weighted by molar-refractivity contribution is 7.90. The van der Waals surface area contributed by atoms with Gasteiger partial charge in [0.25, 0.3) is 0 Å². The van der Waals surface area contributed by atoms with E-state index in [4.69, 9.17) is 14.8 Å². The largest absolute Gasteiger partial charge is 0.495 e. The number of carbonyl (C=O) groups excluding carboxylic acids is 1. The van der Waals surface area contributed by atoms with Gasteiger partial charge < -0.3 is 19.9 Å². The van der Waals surface area contributed by atoms with Gasteiger partial charge in [0.1, 0.15) is 22.3 Å². The summed E-state index contributed by atoms with van der Waals surface area (Å²) in [6, 6.07) is 9.08. The summed E-state index contributed by atoms with van der Waals surface area (Å²) in [6.45, 7) is 8.45. The normalized spacial score (nSPS) is 14.2. The number of sulfone groups is 1. The summed E-state index contributed by atoms with van der Waals surface area (Å²) in [6.07, 6.45) is 1.16. The van der Waals surface area contributed by atoms with Crippen molar-refractivity contribution >= 4 is 33.0 Å². The molecule has 0 spiro atoms. The summed E-state index contributed by atoms with van der Waals surface area (Å²) < 4.78 is 34.0. The zero-order chi connectivity index (χ0) is 28.8. The first-order valence-electron chi connectivity index (χ1n) is 13.0. The topological polar surface area (TPSA) is 127 Å². The standard InChI is InChI=1S/C27H34N8O4S/c1-17-13-21(32(4)30-17)16-28-24-15-25(34-11-9-33(10-12-34)19(3)36)29-27-26(18(2)31-35(24)27)20-7-8-22(39-5)23(14-20)40(6,37)38/h7-8,13-15,28H,9-12,16H2,1-6H3. The number of anilines is 2. The summed E-state index contributed by atoms with van der Waals surface area (Å²) in [5, 5.41) is 12.7. The molecule has 1 saturated heterocycles. The maximum absolute atomic E-state index is 12.6. The van der Waals surface area contributed by atoms with Crippen molar-refractivity contribution in [3.63, 3.8) is 0 Å². The minimum atomic E-state index is -3.55. The Labute approximate surface area is 233 Å². The number of rotatable bonds is 7. The number of aromatic nitrogens is 5. The lowest BCUT2D eigenvalue weighted by Crippen LogP contribution is -2.48. The lowest BCUT2D eigenvalue weighted by Gasteiger charge is -2.35. The number of benzene rings is 1. The third-order valence-electron chi connectivity index (χ3n) is 7.20. The molecule has 0 atom stereocenters. The molecule has 1 aromatic carbocycles. The van der Waals surface area contributed by atoms with Crippen LogP contribution < -0.4 is 15.0 Å². The molecular formula is C27H34N8O4S. The van der Waals surface area contributed by atoms with E-state index in [0.29, 0.717) is 49.6 Å².